The number of aromatic nitrogens is 2. The lowest BCUT2D eigenvalue weighted by Crippen LogP contribution is -2.19. The second-order valence-electron chi connectivity index (χ2n) is 5.31. The van der Waals surface area contributed by atoms with Crippen molar-refractivity contribution in [3.05, 3.63) is 72.9 Å². The molecule has 0 unspecified atom stereocenters. The maximum Gasteiger partial charge on any atom is 0.347 e. The van der Waals surface area contributed by atoms with Crippen molar-refractivity contribution in [3.63, 3.8) is 0 Å². The second-order valence-corrected chi connectivity index (χ2v) is 6.16. The van der Waals surface area contributed by atoms with Gasteiger partial charge in [-0.15, -0.1) is 0 Å². The van der Waals surface area contributed by atoms with Crippen LogP contribution in [0.4, 0.5) is 5.69 Å². The van der Waals surface area contributed by atoms with E-state index in [2.05, 4.69) is 25.3 Å². The van der Waals surface area contributed by atoms with Gasteiger partial charge in [0.2, 0.25) is 0 Å². The molecule has 128 valence electrons. The molecule has 0 aliphatic heterocycles. The summed E-state index contributed by atoms with van der Waals surface area (Å²) in [5.41, 5.74) is 0.637. The largest absolute Gasteiger partial charge is 0.480 e. The van der Waals surface area contributed by atoms with Crippen LogP contribution < -0.4 is 11.2 Å². The van der Waals surface area contributed by atoms with Crippen molar-refractivity contribution in [1.82, 2.24) is 9.36 Å². The molecule has 0 aliphatic carbocycles. The number of para-hydroxylation sites is 1. The van der Waals surface area contributed by atoms with Gasteiger partial charge in [0.05, 0.1) is 21.4 Å². The molecule has 0 saturated carbocycles. The lowest BCUT2D eigenvalue weighted by atomic mass is 10.3. The zero-order valence-electron chi connectivity index (χ0n) is 13.4. The van der Waals surface area contributed by atoms with Gasteiger partial charge >= 0.3 is 5.63 Å². The van der Waals surface area contributed by atoms with Crippen LogP contribution in [0.15, 0.2) is 59.9 Å². The fraction of sp³-hybridized carbons (Fsp3) is 0.118. The smallest absolute Gasteiger partial charge is 0.347 e. The van der Waals surface area contributed by atoms with E-state index in [9.17, 15) is 14.7 Å². The van der Waals surface area contributed by atoms with Crippen LogP contribution in [-0.2, 0) is 7.05 Å². The minimum atomic E-state index is -0.749. The van der Waals surface area contributed by atoms with Gasteiger partial charge in [-0.3, -0.25) is 9.48 Å². The Morgan fingerprint density at radius 2 is 1.92 bits per heavy atom. The van der Waals surface area contributed by atoms with E-state index in [0.29, 0.717) is 11.4 Å². The predicted molar refractivity (Wildman–Crippen MR) is 97.3 cm³/mol. The molecule has 25 heavy (non-hydrogen) atoms. The molecular formula is C17H14BrN3O4. The molecule has 2 heterocycles. The van der Waals surface area contributed by atoms with Crippen LogP contribution in [0.3, 0.4) is 0 Å². The van der Waals surface area contributed by atoms with Crippen LogP contribution in [0.25, 0.3) is 5.69 Å². The molecule has 3 aromatic rings. The van der Waals surface area contributed by atoms with Gasteiger partial charge in [-0.05, 0) is 41.1 Å². The molecule has 8 heteroatoms. The van der Waals surface area contributed by atoms with E-state index in [4.69, 9.17) is 0 Å². The minimum Gasteiger partial charge on any atom is -0.480 e. The van der Waals surface area contributed by atoms with E-state index < -0.39 is 11.6 Å². The van der Waals surface area contributed by atoms with Crippen molar-refractivity contribution in [2.75, 3.05) is 0 Å². The molecule has 0 spiro atoms. The number of halogens is 1. The zero-order valence-corrected chi connectivity index (χ0v) is 15.0. The molecule has 2 aromatic heterocycles. The highest BCUT2D eigenvalue weighted by Gasteiger charge is 2.15. The Morgan fingerprint density at radius 1 is 1.24 bits per heavy atom. The summed E-state index contributed by atoms with van der Waals surface area (Å²) in [7, 11) is 1.76. The topological polar surface area (TPSA) is 89.7 Å². The highest BCUT2D eigenvalue weighted by Crippen LogP contribution is 2.22. The van der Waals surface area contributed by atoms with Gasteiger partial charge in [-0.2, -0.15) is 0 Å². The lowest BCUT2D eigenvalue weighted by Gasteiger charge is -2.07. The third-order valence-electron chi connectivity index (χ3n) is 3.77. The Morgan fingerprint density at radius 3 is 2.60 bits per heavy atom. The van der Waals surface area contributed by atoms with Crippen molar-refractivity contribution in [1.29, 1.82) is 0 Å². The van der Waals surface area contributed by atoms with Gasteiger partial charge in [0.1, 0.15) is 0 Å². The van der Waals surface area contributed by atoms with E-state index in [1.165, 1.54) is 17.0 Å². The molecule has 3 rings (SSSR count). The number of rotatable bonds is 3. The van der Waals surface area contributed by atoms with Crippen molar-refractivity contribution in [3.8, 4) is 11.6 Å². The van der Waals surface area contributed by atoms with E-state index in [-0.39, 0.29) is 21.3 Å². The quantitative estimate of drug-likeness (QED) is 0.680. The Labute approximate surface area is 150 Å². The summed E-state index contributed by atoms with van der Waals surface area (Å²) in [4.78, 5) is 28.6. The van der Waals surface area contributed by atoms with Crippen LogP contribution in [-0.4, -0.2) is 20.7 Å². The first kappa shape index (κ1) is 17.0. The SMILES string of the molecule is Cc1c(N=Cc2cc(Br)c(O)oc2=O)c(=O)n(-c2ccccc2)n1C. The van der Waals surface area contributed by atoms with Crippen molar-refractivity contribution < 1.29 is 9.52 Å². The first-order valence-electron chi connectivity index (χ1n) is 7.31. The fourth-order valence-electron chi connectivity index (χ4n) is 2.38. The highest BCUT2D eigenvalue weighted by molar-refractivity contribution is 9.10. The fourth-order valence-corrected chi connectivity index (χ4v) is 2.71. The average Bonchev–Trinajstić information content (AvgIpc) is 2.80. The number of aliphatic imine (C=N–C) groups is 1. The normalized spacial score (nSPS) is 11.3. The summed E-state index contributed by atoms with van der Waals surface area (Å²) in [5, 5.41) is 9.35. The zero-order chi connectivity index (χ0) is 18.1. The van der Waals surface area contributed by atoms with E-state index in [0.717, 1.165) is 0 Å². The summed E-state index contributed by atoms with van der Waals surface area (Å²) in [6, 6.07) is 10.6. The number of hydrogen-bond acceptors (Lipinski definition) is 5. The van der Waals surface area contributed by atoms with Gasteiger partial charge in [0.15, 0.2) is 5.69 Å². The van der Waals surface area contributed by atoms with Crippen LogP contribution in [0, 0.1) is 6.92 Å². The van der Waals surface area contributed by atoms with Crippen molar-refractivity contribution in [2.24, 2.45) is 12.0 Å². The molecule has 1 N–H and O–H groups in total. The second kappa shape index (κ2) is 6.56. The standard InChI is InChI=1S/C17H14BrN3O4/c1-10-14(19-9-11-8-13(18)17(24)25-16(11)23)15(22)21(20(10)2)12-6-4-3-5-7-12/h3-9,24H,1-2H3. The van der Waals surface area contributed by atoms with E-state index in [1.54, 1.807) is 18.7 Å². The molecule has 0 bridgehead atoms. The molecule has 1 aromatic carbocycles. The molecular weight excluding hydrogens is 390 g/mol. The van der Waals surface area contributed by atoms with Gasteiger partial charge in [-0.1, -0.05) is 18.2 Å². The summed E-state index contributed by atoms with van der Waals surface area (Å²) >= 11 is 3.07. The molecule has 0 atom stereocenters. The van der Waals surface area contributed by atoms with Crippen LogP contribution >= 0.6 is 15.9 Å². The maximum absolute atomic E-state index is 12.7. The van der Waals surface area contributed by atoms with Crippen LogP contribution in [0.5, 0.6) is 5.95 Å². The summed E-state index contributed by atoms with van der Waals surface area (Å²) in [6.45, 7) is 1.77. The molecule has 0 amide bonds. The van der Waals surface area contributed by atoms with Crippen LogP contribution in [0.2, 0.25) is 0 Å². The Bertz CT molecular complexity index is 1080. The molecule has 7 nitrogen and oxygen atoms in total. The highest BCUT2D eigenvalue weighted by atomic mass is 79.9. The lowest BCUT2D eigenvalue weighted by molar-refractivity contribution is 0.305. The Kier molecular flexibility index (Phi) is 4.45. The van der Waals surface area contributed by atoms with Crippen LogP contribution in [0.1, 0.15) is 11.3 Å². The monoisotopic (exact) mass is 403 g/mol. The molecule has 0 saturated heterocycles. The predicted octanol–water partition coefficient (Wildman–Crippen LogP) is 2.66. The third kappa shape index (κ3) is 3.08. The van der Waals surface area contributed by atoms with Gasteiger partial charge in [0.25, 0.3) is 11.5 Å². The summed E-state index contributed by atoms with van der Waals surface area (Å²) in [5.74, 6) is -0.510. The maximum atomic E-state index is 12.7. The Hall–Kier alpha value is -2.87. The van der Waals surface area contributed by atoms with Crippen molar-refractivity contribution in [2.45, 2.75) is 6.92 Å². The van der Waals surface area contributed by atoms with Gasteiger partial charge in [0, 0.05) is 13.3 Å². The number of hydrogen-bond donors (Lipinski definition) is 1. The molecule has 0 aliphatic rings. The first-order valence-corrected chi connectivity index (χ1v) is 8.10. The summed E-state index contributed by atoms with van der Waals surface area (Å²) < 4.78 is 8.07. The molecule has 0 radical (unpaired) electrons. The molecule has 0 fully saturated rings. The van der Waals surface area contributed by atoms with E-state index >= 15 is 0 Å². The third-order valence-corrected chi connectivity index (χ3v) is 4.34. The number of aromatic hydroxyl groups is 1. The van der Waals surface area contributed by atoms with Gasteiger partial charge < -0.3 is 9.52 Å². The van der Waals surface area contributed by atoms with Gasteiger partial charge in [-0.25, -0.2) is 14.5 Å². The number of benzene rings is 1. The number of nitrogens with zero attached hydrogens (tertiary/aromatic N) is 3. The average molecular weight is 404 g/mol. The van der Waals surface area contributed by atoms with E-state index in [1.807, 2.05) is 30.3 Å². The minimum absolute atomic E-state index is 0.110. The first-order chi connectivity index (χ1) is 11.9. The Balaban J connectivity index is 2.10. The van der Waals surface area contributed by atoms with Crippen molar-refractivity contribution >= 4 is 27.8 Å². The summed E-state index contributed by atoms with van der Waals surface area (Å²) in [6.07, 6.45) is 1.25.